The van der Waals surface area contributed by atoms with Crippen LogP contribution in [-0.2, 0) is 13.0 Å². The maximum absolute atomic E-state index is 9.13. The normalized spacial score (nSPS) is 15.6. The van der Waals surface area contributed by atoms with Crippen LogP contribution >= 0.6 is 0 Å². The summed E-state index contributed by atoms with van der Waals surface area (Å²) in [6, 6.07) is 12.7. The molecule has 0 spiro atoms. The molecule has 0 saturated carbocycles. The molecule has 5 nitrogen and oxygen atoms in total. The second-order valence-electron chi connectivity index (χ2n) is 6.99. The fourth-order valence-electron chi connectivity index (χ4n) is 3.67. The van der Waals surface area contributed by atoms with Gasteiger partial charge in [0.05, 0.1) is 11.4 Å². The van der Waals surface area contributed by atoms with E-state index in [1.807, 2.05) is 0 Å². The summed E-state index contributed by atoms with van der Waals surface area (Å²) in [5, 5.41) is 12.6. The molecule has 3 heterocycles. The molecule has 0 radical (unpaired) electrons. The van der Waals surface area contributed by atoms with Crippen LogP contribution in [0.5, 0.6) is 0 Å². The van der Waals surface area contributed by atoms with Crippen LogP contribution in [0.15, 0.2) is 42.6 Å². The first kappa shape index (κ1) is 17.2. The molecule has 0 aliphatic carbocycles. The predicted molar refractivity (Wildman–Crippen MR) is 104 cm³/mol. The van der Waals surface area contributed by atoms with Crippen molar-refractivity contribution >= 4 is 5.65 Å². The molecule has 1 aliphatic heterocycles. The van der Waals surface area contributed by atoms with Gasteiger partial charge in [0.1, 0.15) is 5.65 Å². The van der Waals surface area contributed by atoms with E-state index >= 15 is 0 Å². The Balaban J connectivity index is 1.76. The molecule has 1 saturated heterocycles. The second kappa shape index (κ2) is 7.58. The average Bonchev–Trinajstić information content (AvgIpc) is 3.03. The SMILES string of the molecule is Cc1cccn2c(CN3CCNCC3)c(-c3ccc(CCO)cc3)nc12. The average molecular weight is 350 g/mol. The van der Waals surface area contributed by atoms with E-state index < -0.39 is 0 Å². The van der Waals surface area contributed by atoms with E-state index in [-0.39, 0.29) is 6.61 Å². The second-order valence-corrected chi connectivity index (χ2v) is 6.99. The molecule has 4 rings (SSSR count). The Morgan fingerprint density at radius 1 is 1.12 bits per heavy atom. The Hall–Kier alpha value is -2.21. The Labute approximate surface area is 154 Å². The molecule has 136 valence electrons. The van der Waals surface area contributed by atoms with Crippen molar-refractivity contribution in [3.05, 3.63) is 59.4 Å². The Morgan fingerprint density at radius 3 is 2.62 bits per heavy atom. The van der Waals surface area contributed by atoms with Crippen molar-refractivity contribution in [2.24, 2.45) is 0 Å². The van der Waals surface area contributed by atoms with E-state index in [0.29, 0.717) is 6.42 Å². The lowest BCUT2D eigenvalue weighted by Gasteiger charge is -2.27. The van der Waals surface area contributed by atoms with Crippen molar-refractivity contribution in [2.75, 3.05) is 32.8 Å². The van der Waals surface area contributed by atoms with Gasteiger partial charge in [-0.3, -0.25) is 4.90 Å². The lowest BCUT2D eigenvalue weighted by Crippen LogP contribution is -2.43. The lowest BCUT2D eigenvalue weighted by molar-refractivity contribution is 0.230. The third kappa shape index (κ3) is 3.38. The summed E-state index contributed by atoms with van der Waals surface area (Å²) in [5.74, 6) is 0. The highest BCUT2D eigenvalue weighted by Gasteiger charge is 2.19. The van der Waals surface area contributed by atoms with Crippen molar-refractivity contribution < 1.29 is 5.11 Å². The molecule has 0 amide bonds. The Bertz CT molecular complexity index is 879. The molecule has 1 fully saturated rings. The molecular formula is C21H26N4O. The quantitative estimate of drug-likeness (QED) is 0.741. The number of hydrogen-bond donors (Lipinski definition) is 2. The minimum atomic E-state index is 0.182. The van der Waals surface area contributed by atoms with Gasteiger partial charge in [-0.05, 0) is 30.5 Å². The number of aromatic nitrogens is 2. The van der Waals surface area contributed by atoms with E-state index in [4.69, 9.17) is 10.1 Å². The standard InChI is InChI=1S/C21H26N4O/c1-16-3-2-11-25-19(15-24-12-9-22-10-13-24)20(23-21(16)25)18-6-4-17(5-7-18)8-14-26/h2-7,11,22,26H,8-10,12-15H2,1H3. The molecule has 1 aliphatic rings. The molecule has 0 unspecified atom stereocenters. The number of aliphatic hydroxyl groups excluding tert-OH is 1. The Kier molecular flexibility index (Phi) is 5.02. The summed E-state index contributed by atoms with van der Waals surface area (Å²) in [6.07, 6.45) is 2.81. The summed E-state index contributed by atoms with van der Waals surface area (Å²) in [5.41, 5.74) is 6.83. The van der Waals surface area contributed by atoms with Crippen LogP contribution in [0, 0.1) is 6.92 Å². The van der Waals surface area contributed by atoms with Gasteiger partial charge in [0.15, 0.2) is 0 Å². The van der Waals surface area contributed by atoms with Crippen LogP contribution < -0.4 is 5.32 Å². The zero-order valence-electron chi connectivity index (χ0n) is 15.3. The van der Waals surface area contributed by atoms with E-state index in [1.165, 1.54) is 11.3 Å². The zero-order valence-corrected chi connectivity index (χ0v) is 15.3. The smallest absolute Gasteiger partial charge is 0.140 e. The first-order valence-electron chi connectivity index (χ1n) is 9.36. The van der Waals surface area contributed by atoms with Crippen LogP contribution in [-0.4, -0.2) is 52.2 Å². The number of piperazine rings is 1. The molecule has 0 atom stereocenters. The van der Waals surface area contributed by atoms with Crippen LogP contribution in [0.4, 0.5) is 0 Å². The van der Waals surface area contributed by atoms with Gasteiger partial charge in [0.2, 0.25) is 0 Å². The van der Waals surface area contributed by atoms with Gasteiger partial charge in [0.25, 0.3) is 0 Å². The highest BCUT2D eigenvalue weighted by molar-refractivity contribution is 5.68. The van der Waals surface area contributed by atoms with Crippen molar-refractivity contribution in [1.82, 2.24) is 19.6 Å². The van der Waals surface area contributed by atoms with Gasteiger partial charge in [-0.2, -0.15) is 0 Å². The zero-order chi connectivity index (χ0) is 17.9. The maximum Gasteiger partial charge on any atom is 0.140 e. The number of fused-ring (bicyclic) bond motifs is 1. The number of pyridine rings is 1. The lowest BCUT2D eigenvalue weighted by atomic mass is 10.1. The Morgan fingerprint density at radius 2 is 1.88 bits per heavy atom. The highest BCUT2D eigenvalue weighted by atomic mass is 16.2. The summed E-state index contributed by atoms with van der Waals surface area (Å²) in [7, 11) is 0. The number of benzene rings is 1. The number of aliphatic hydroxyl groups is 1. The minimum Gasteiger partial charge on any atom is -0.396 e. The van der Waals surface area contributed by atoms with Crippen molar-refractivity contribution in [3.8, 4) is 11.3 Å². The maximum atomic E-state index is 9.13. The van der Waals surface area contributed by atoms with Crippen molar-refractivity contribution in [2.45, 2.75) is 19.9 Å². The largest absolute Gasteiger partial charge is 0.396 e. The van der Waals surface area contributed by atoms with E-state index in [0.717, 1.165) is 55.2 Å². The molecular weight excluding hydrogens is 324 g/mol. The van der Waals surface area contributed by atoms with Gasteiger partial charge < -0.3 is 14.8 Å². The topological polar surface area (TPSA) is 52.8 Å². The van der Waals surface area contributed by atoms with Crippen molar-refractivity contribution in [3.63, 3.8) is 0 Å². The molecule has 2 aromatic heterocycles. The third-order valence-corrected chi connectivity index (χ3v) is 5.15. The van der Waals surface area contributed by atoms with Gasteiger partial charge in [-0.25, -0.2) is 4.98 Å². The fourth-order valence-corrected chi connectivity index (χ4v) is 3.67. The molecule has 0 bridgehead atoms. The van der Waals surface area contributed by atoms with Crippen molar-refractivity contribution in [1.29, 1.82) is 0 Å². The van der Waals surface area contributed by atoms with Crippen LogP contribution in [0.3, 0.4) is 0 Å². The van der Waals surface area contributed by atoms with E-state index in [1.54, 1.807) is 0 Å². The van der Waals surface area contributed by atoms with Crippen LogP contribution in [0.25, 0.3) is 16.9 Å². The number of nitrogens with one attached hydrogen (secondary N) is 1. The summed E-state index contributed by atoms with van der Waals surface area (Å²) in [4.78, 5) is 7.49. The summed E-state index contributed by atoms with van der Waals surface area (Å²) < 4.78 is 2.24. The van der Waals surface area contributed by atoms with E-state index in [2.05, 4.69) is 64.1 Å². The minimum absolute atomic E-state index is 0.182. The van der Waals surface area contributed by atoms with Gasteiger partial charge in [0, 0.05) is 51.1 Å². The number of imidazole rings is 1. The molecule has 5 heteroatoms. The first-order chi connectivity index (χ1) is 12.8. The monoisotopic (exact) mass is 350 g/mol. The number of nitrogens with zero attached hydrogens (tertiary/aromatic N) is 3. The van der Waals surface area contributed by atoms with Crippen LogP contribution in [0.2, 0.25) is 0 Å². The fraction of sp³-hybridized carbons (Fsp3) is 0.381. The van der Waals surface area contributed by atoms with Gasteiger partial charge >= 0.3 is 0 Å². The first-order valence-corrected chi connectivity index (χ1v) is 9.36. The highest BCUT2D eigenvalue weighted by Crippen LogP contribution is 2.27. The summed E-state index contributed by atoms with van der Waals surface area (Å²) in [6.45, 7) is 7.41. The van der Waals surface area contributed by atoms with Gasteiger partial charge in [-0.1, -0.05) is 30.3 Å². The molecule has 2 N–H and O–H groups in total. The molecule has 1 aromatic carbocycles. The predicted octanol–water partition coefficient (Wildman–Crippen LogP) is 2.25. The van der Waals surface area contributed by atoms with Gasteiger partial charge in [-0.15, -0.1) is 0 Å². The number of aryl methyl sites for hydroxylation is 1. The van der Waals surface area contributed by atoms with Crippen LogP contribution in [0.1, 0.15) is 16.8 Å². The molecule has 3 aromatic rings. The number of hydrogen-bond acceptors (Lipinski definition) is 4. The van der Waals surface area contributed by atoms with E-state index in [9.17, 15) is 0 Å². The number of rotatable bonds is 5. The summed E-state index contributed by atoms with van der Waals surface area (Å²) >= 11 is 0. The third-order valence-electron chi connectivity index (χ3n) is 5.15. The molecule has 26 heavy (non-hydrogen) atoms.